The predicted molar refractivity (Wildman–Crippen MR) is 97.8 cm³/mol. The van der Waals surface area contributed by atoms with Crippen molar-refractivity contribution < 1.29 is 9.90 Å². The summed E-state index contributed by atoms with van der Waals surface area (Å²) >= 11 is 0. The fourth-order valence-electron chi connectivity index (χ4n) is 6.35. The van der Waals surface area contributed by atoms with Gasteiger partial charge >= 0.3 is 0 Å². The summed E-state index contributed by atoms with van der Waals surface area (Å²) in [6.45, 7) is 0. The molecule has 0 atom stereocenters. The molecule has 2 aromatic carbocycles. The summed E-state index contributed by atoms with van der Waals surface area (Å²) in [5.41, 5.74) is 2.75. The first kappa shape index (κ1) is 15.2. The van der Waals surface area contributed by atoms with Crippen molar-refractivity contribution in [2.75, 3.05) is 0 Å². The van der Waals surface area contributed by atoms with Crippen LogP contribution in [0, 0.1) is 17.8 Å². The predicted octanol–water partition coefficient (Wildman–Crippen LogP) is 5.09. The lowest BCUT2D eigenvalue weighted by Gasteiger charge is -2.57. The molecule has 4 saturated carbocycles. The maximum Gasteiger partial charge on any atom is 0.193 e. The van der Waals surface area contributed by atoms with Gasteiger partial charge in [-0.15, -0.1) is 0 Å². The average Bonchev–Trinajstić information content (AvgIpc) is 2.61. The lowest BCUT2D eigenvalue weighted by atomic mass is 9.47. The van der Waals surface area contributed by atoms with E-state index in [1.807, 2.05) is 42.5 Å². The van der Waals surface area contributed by atoms with Crippen LogP contribution in [0.15, 0.2) is 48.5 Å². The Balaban J connectivity index is 1.62. The molecule has 6 rings (SSSR count). The molecule has 25 heavy (non-hydrogen) atoms. The Labute approximate surface area is 148 Å². The minimum Gasteiger partial charge on any atom is -0.508 e. The van der Waals surface area contributed by atoms with E-state index in [-0.39, 0.29) is 16.9 Å². The highest BCUT2D eigenvalue weighted by Gasteiger charge is 2.52. The van der Waals surface area contributed by atoms with E-state index < -0.39 is 0 Å². The van der Waals surface area contributed by atoms with Gasteiger partial charge in [-0.3, -0.25) is 4.79 Å². The Bertz CT molecular complexity index is 786. The van der Waals surface area contributed by atoms with Crippen LogP contribution in [-0.4, -0.2) is 10.9 Å². The molecule has 0 spiro atoms. The molecule has 4 bridgehead atoms. The van der Waals surface area contributed by atoms with E-state index >= 15 is 0 Å². The van der Waals surface area contributed by atoms with Crippen LogP contribution in [0.2, 0.25) is 0 Å². The topological polar surface area (TPSA) is 37.3 Å². The van der Waals surface area contributed by atoms with Gasteiger partial charge in [-0.1, -0.05) is 30.3 Å². The van der Waals surface area contributed by atoms with Crippen LogP contribution in [0.4, 0.5) is 0 Å². The number of hydrogen-bond acceptors (Lipinski definition) is 2. The largest absolute Gasteiger partial charge is 0.508 e. The molecule has 0 unspecified atom stereocenters. The van der Waals surface area contributed by atoms with Gasteiger partial charge in [-0.2, -0.15) is 0 Å². The van der Waals surface area contributed by atoms with Crippen molar-refractivity contribution in [2.45, 2.75) is 43.9 Å². The van der Waals surface area contributed by atoms with Gasteiger partial charge in [0.05, 0.1) is 0 Å². The molecule has 0 aromatic heterocycles. The van der Waals surface area contributed by atoms with Crippen LogP contribution in [0.1, 0.15) is 60.0 Å². The first-order valence-corrected chi connectivity index (χ1v) is 9.56. The van der Waals surface area contributed by atoms with Gasteiger partial charge in [-0.25, -0.2) is 0 Å². The molecule has 4 fully saturated rings. The van der Waals surface area contributed by atoms with Gasteiger partial charge in [-0.05, 0) is 85.5 Å². The number of benzene rings is 2. The summed E-state index contributed by atoms with van der Waals surface area (Å²) in [6, 6.07) is 14.9. The zero-order valence-electron chi connectivity index (χ0n) is 14.4. The molecule has 128 valence electrons. The van der Waals surface area contributed by atoms with Crippen molar-refractivity contribution in [3.63, 3.8) is 0 Å². The minimum atomic E-state index is 0.0892. The molecule has 2 heteroatoms. The number of hydrogen-bond donors (Lipinski definition) is 1. The quantitative estimate of drug-likeness (QED) is 0.795. The SMILES string of the molecule is O=C(c1ccccc1)c1ccc(O)cc1C12CC3CC(CC(C3)C1)C2. The highest BCUT2D eigenvalue weighted by Crippen LogP contribution is 2.61. The molecule has 1 N–H and O–H groups in total. The van der Waals surface area contributed by atoms with Gasteiger partial charge < -0.3 is 5.11 Å². The Kier molecular flexibility index (Phi) is 3.31. The number of carbonyl (C=O) groups is 1. The fraction of sp³-hybridized carbons (Fsp3) is 0.435. The Hall–Kier alpha value is -2.09. The Morgan fingerprint density at radius 2 is 1.48 bits per heavy atom. The van der Waals surface area contributed by atoms with Gasteiger partial charge in [0.1, 0.15) is 5.75 Å². The summed E-state index contributed by atoms with van der Waals surface area (Å²) in [4.78, 5) is 13.2. The van der Waals surface area contributed by atoms with Crippen molar-refractivity contribution in [3.8, 4) is 5.75 Å². The number of phenolic OH excluding ortho intramolecular Hbond substituents is 1. The van der Waals surface area contributed by atoms with E-state index in [1.165, 1.54) is 38.5 Å². The fourth-order valence-corrected chi connectivity index (χ4v) is 6.35. The third-order valence-electron chi connectivity index (χ3n) is 6.89. The smallest absolute Gasteiger partial charge is 0.193 e. The molecular weight excluding hydrogens is 308 g/mol. The van der Waals surface area contributed by atoms with Gasteiger partial charge in [0.2, 0.25) is 0 Å². The molecular formula is C23H24O2. The second-order valence-electron chi connectivity index (χ2n) is 8.62. The van der Waals surface area contributed by atoms with Crippen LogP contribution in [-0.2, 0) is 5.41 Å². The maximum atomic E-state index is 13.2. The summed E-state index contributed by atoms with van der Waals surface area (Å²) in [7, 11) is 0. The lowest BCUT2D eigenvalue weighted by Crippen LogP contribution is -2.49. The molecule has 4 aliphatic carbocycles. The number of ketones is 1. The number of phenols is 1. The van der Waals surface area contributed by atoms with Crippen molar-refractivity contribution in [3.05, 3.63) is 65.2 Å². The first-order valence-electron chi connectivity index (χ1n) is 9.56. The highest BCUT2D eigenvalue weighted by molar-refractivity contribution is 6.10. The molecule has 4 aliphatic rings. The van der Waals surface area contributed by atoms with Crippen LogP contribution in [0.5, 0.6) is 5.75 Å². The Morgan fingerprint density at radius 1 is 0.880 bits per heavy atom. The molecule has 0 heterocycles. The van der Waals surface area contributed by atoms with Crippen molar-refractivity contribution in [2.24, 2.45) is 17.8 Å². The normalized spacial score (nSPS) is 32.7. The Morgan fingerprint density at radius 3 is 2.08 bits per heavy atom. The maximum absolute atomic E-state index is 13.2. The number of carbonyl (C=O) groups excluding carboxylic acids is 1. The molecule has 2 aromatic rings. The summed E-state index contributed by atoms with van der Waals surface area (Å²) < 4.78 is 0. The first-order chi connectivity index (χ1) is 12.1. The number of aromatic hydroxyl groups is 1. The summed E-state index contributed by atoms with van der Waals surface area (Å²) in [5.74, 6) is 2.82. The molecule has 0 radical (unpaired) electrons. The third-order valence-corrected chi connectivity index (χ3v) is 6.89. The standard InChI is InChI=1S/C23H24O2/c24-19-6-7-20(22(25)18-4-2-1-3-5-18)21(11-19)23-12-15-8-16(13-23)10-17(9-15)14-23/h1-7,11,15-17,24H,8-10,12-14H2. The molecule has 0 saturated heterocycles. The van der Waals surface area contributed by atoms with E-state index in [0.29, 0.717) is 0 Å². The highest BCUT2D eigenvalue weighted by atomic mass is 16.3. The van der Waals surface area contributed by atoms with Gasteiger partial charge in [0.25, 0.3) is 0 Å². The molecule has 0 aliphatic heterocycles. The van der Waals surface area contributed by atoms with Crippen molar-refractivity contribution in [1.82, 2.24) is 0 Å². The summed E-state index contributed by atoms with van der Waals surface area (Å²) in [6.07, 6.45) is 7.70. The van der Waals surface area contributed by atoms with Crippen molar-refractivity contribution in [1.29, 1.82) is 0 Å². The van der Waals surface area contributed by atoms with Crippen LogP contribution in [0.3, 0.4) is 0 Å². The van der Waals surface area contributed by atoms with E-state index in [1.54, 1.807) is 6.07 Å². The van der Waals surface area contributed by atoms with Crippen LogP contribution < -0.4 is 0 Å². The summed E-state index contributed by atoms with van der Waals surface area (Å²) in [5, 5.41) is 10.2. The zero-order chi connectivity index (χ0) is 17.0. The second kappa shape index (κ2) is 5.45. The molecule has 2 nitrogen and oxygen atoms in total. The monoisotopic (exact) mass is 332 g/mol. The lowest BCUT2D eigenvalue weighted by molar-refractivity contribution is -0.00557. The van der Waals surface area contributed by atoms with Gasteiger partial charge in [0.15, 0.2) is 5.78 Å². The zero-order valence-corrected chi connectivity index (χ0v) is 14.4. The third kappa shape index (κ3) is 2.42. The van der Waals surface area contributed by atoms with Crippen LogP contribution >= 0.6 is 0 Å². The average molecular weight is 332 g/mol. The van der Waals surface area contributed by atoms with Crippen LogP contribution in [0.25, 0.3) is 0 Å². The van der Waals surface area contributed by atoms with Crippen molar-refractivity contribution >= 4 is 5.78 Å². The van der Waals surface area contributed by atoms with E-state index in [9.17, 15) is 9.90 Å². The second-order valence-corrected chi connectivity index (χ2v) is 8.62. The van der Waals surface area contributed by atoms with E-state index in [0.717, 1.165) is 34.4 Å². The van der Waals surface area contributed by atoms with E-state index in [2.05, 4.69) is 0 Å². The van der Waals surface area contributed by atoms with Gasteiger partial charge in [0, 0.05) is 11.1 Å². The minimum absolute atomic E-state index is 0.0892. The molecule has 0 amide bonds. The van der Waals surface area contributed by atoms with E-state index in [4.69, 9.17) is 0 Å². The number of rotatable bonds is 3.